The minimum atomic E-state index is -0.0504. The molecule has 2 unspecified atom stereocenters. The van der Waals surface area contributed by atoms with Crippen molar-refractivity contribution < 1.29 is 5.11 Å². The first-order valence-corrected chi connectivity index (χ1v) is 5.69. The fourth-order valence-electron chi connectivity index (χ4n) is 2.98. The molecule has 76 valence electrons. The molecule has 2 fully saturated rings. The van der Waals surface area contributed by atoms with Crippen molar-refractivity contribution in [2.75, 3.05) is 7.05 Å². The molecule has 2 aliphatic rings. The Morgan fingerprint density at radius 1 is 1.00 bits per heavy atom. The van der Waals surface area contributed by atoms with E-state index in [1.165, 1.54) is 38.5 Å². The molecule has 0 aromatic carbocycles. The van der Waals surface area contributed by atoms with Gasteiger partial charge in [0.1, 0.15) is 0 Å². The zero-order chi connectivity index (χ0) is 9.26. The Kier molecular flexibility index (Phi) is 2.89. The first-order chi connectivity index (χ1) is 6.29. The minimum absolute atomic E-state index is 0.0504. The Hall–Kier alpha value is -0.0800. The minimum Gasteiger partial charge on any atom is -0.391 e. The van der Waals surface area contributed by atoms with E-state index in [1.54, 1.807) is 0 Å². The number of likely N-dealkylation sites (N-methyl/N-ethyl adjacent to an activating group) is 1. The third-order valence-corrected chi connectivity index (χ3v) is 3.87. The maximum Gasteiger partial charge on any atom is 0.0695 e. The Bertz CT molecular complexity index is 165. The molecule has 2 rings (SSSR count). The summed E-state index contributed by atoms with van der Waals surface area (Å²) in [6, 6.07) is 1.22. The highest BCUT2D eigenvalue weighted by Crippen LogP contribution is 2.30. The molecule has 2 aliphatic carbocycles. The molecule has 0 amide bonds. The van der Waals surface area contributed by atoms with Crippen molar-refractivity contribution in [1.82, 2.24) is 4.90 Å². The van der Waals surface area contributed by atoms with Crippen LogP contribution in [-0.4, -0.2) is 35.2 Å². The van der Waals surface area contributed by atoms with Crippen LogP contribution >= 0.6 is 0 Å². The fraction of sp³-hybridized carbons (Fsp3) is 1.00. The van der Waals surface area contributed by atoms with E-state index in [-0.39, 0.29) is 6.10 Å². The lowest BCUT2D eigenvalue weighted by Gasteiger charge is -2.32. The fourth-order valence-corrected chi connectivity index (χ4v) is 2.98. The molecule has 2 atom stereocenters. The molecular weight excluding hydrogens is 162 g/mol. The molecule has 2 saturated carbocycles. The lowest BCUT2D eigenvalue weighted by molar-refractivity contribution is 0.0628. The summed E-state index contributed by atoms with van der Waals surface area (Å²) in [5.41, 5.74) is 0. The van der Waals surface area contributed by atoms with Gasteiger partial charge in [0.2, 0.25) is 0 Å². The van der Waals surface area contributed by atoms with Gasteiger partial charge in [-0.05, 0) is 39.2 Å². The molecule has 0 aromatic heterocycles. The molecule has 0 spiro atoms. The number of aliphatic hydroxyl groups is 1. The topological polar surface area (TPSA) is 23.5 Å². The average molecular weight is 183 g/mol. The largest absolute Gasteiger partial charge is 0.391 e. The van der Waals surface area contributed by atoms with Gasteiger partial charge in [-0.3, -0.25) is 4.90 Å². The van der Waals surface area contributed by atoms with Crippen LogP contribution in [0.3, 0.4) is 0 Å². The van der Waals surface area contributed by atoms with E-state index in [1.807, 2.05) is 0 Å². The van der Waals surface area contributed by atoms with Gasteiger partial charge in [-0.1, -0.05) is 12.8 Å². The first kappa shape index (κ1) is 9.47. The van der Waals surface area contributed by atoms with Crippen LogP contribution in [0.2, 0.25) is 0 Å². The summed E-state index contributed by atoms with van der Waals surface area (Å²) in [7, 11) is 2.20. The van der Waals surface area contributed by atoms with Crippen LogP contribution < -0.4 is 0 Å². The van der Waals surface area contributed by atoms with Gasteiger partial charge in [-0.25, -0.2) is 0 Å². The molecule has 0 aliphatic heterocycles. The predicted octanol–water partition coefficient (Wildman–Crippen LogP) is 1.77. The third kappa shape index (κ3) is 1.89. The number of nitrogens with zero attached hydrogens (tertiary/aromatic N) is 1. The zero-order valence-corrected chi connectivity index (χ0v) is 8.58. The molecule has 0 bridgehead atoms. The van der Waals surface area contributed by atoms with Crippen LogP contribution in [0.1, 0.15) is 44.9 Å². The zero-order valence-electron chi connectivity index (χ0n) is 8.58. The van der Waals surface area contributed by atoms with Crippen LogP contribution in [0.4, 0.5) is 0 Å². The predicted molar refractivity (Wildman–Crippen MR) is 53.7 cm³/mol. The first-order valence-electron chi connectivity index (χ1n) is 5.69. The summed E-state index contributed by atoms with van der Waals surface area (Å²) >= 11 is 0. The molecule has 2 heteroatoms. The van der Waals surface area contributed by atoms with Gasteiger partial charge >= 0.3 is 0 Å². The average Bonchev–Trinajstić information content (AvgIpc) is 2.72. The third-order valence-electron chi connectivity index (χ3n) is 3.87. The Morgan fingerprint density at radius 3 is 2.23 bits per heavy atom. The van der Waals surface area contributed by atoms with E-state index in [0.29, 0.717) is 6.04 Å². The maximum absolute atomic E-state index is 9.78. The Labute approximate surface area is 80.9 Å². The molecule has 13 heavy (non-hydrogen) atoms. The van der Waals surface area contributed by atoms with Crippen LogP contribution in [0.15, 0.2) is 0 Å². The molecule has 0 radical (unpaired) electrons. The smallest absolute Gasteiger partial charge is 0.0695 e. The molecule has 1 N–H and O–H groups in total. The van der Waals surface area contributed by atoms with Gasteiger partial charge in [0.25, 0.3) is 0 Å². The van der Waals surface area contributed by atoms with Crippen LogP contribution in [0.25, 0.3) is 0 Å². The highest BCUT2D eigenvalue weighted by Gasteiger charge is 2.33. The van der Waals surface area contributed by atoms with Crippen molar-refractivity contribution in [3.63, 3.8) is 0 Å². The van der Waals surface area contributed by atoms with Crippen LogP contribution in [-0.2, 0) is 0 Å². The summed E-state index contributed by atoms with van der Waals surface area (Å²) < 4.78 is 0. The summed E-state index contributed by atoms with van der Waals surface area (Å²) in [6.07, 6.45) is 8.85. The van der Waals surface area contributed by atoms with Crippen LogP contribution in [0.5, 0.6) is 0 Å². The second-order valence-electron chi connectivity index (χ2n) is 4.67. The normalized spacial score (nSPS) is 36.2. The van der Waals surface area contributed by atoms with Gasteiger partial charge in [-0.15, -0.1) is 0 Å². The van der Waals surface area contributed by atoms with E-state index in [9.17, 15) is 5.11 Å². The van der Waals surface area contributed by atoms with Gasteiger partial charge < -0.3 is 5.11 Å². The number of hydrogen-bond donors (Lipinski definition) is 1. The molecule has 0 saturated heterocycles. The molecule has 0 heterocycles. The van der Waals surface area contributed by atoms with Crippen molar-refractivity contribution in [3.05, 3.63) is 0 Å². The highest BCUT2D eigenvalue weighted by atomic mass is 16.3. The van der Waals surface area contributed by atoms with Crippen molar-refractivity contribution in [1.29, 1.82) is 0 Å². The summed E-state index contributed by atoms with van der Waals surface area (Å²) in [5.74, 6) is 0. The highest BCUT2D eigenvalue weighted by molar-refractivity contribution is 4.88. The summed E-state index contributed by atoms with van der Waals surface area (Å²) in [6.45, 7) is 0. The van der Waals surface area contributed by atoms with Gasteiger partial charge in [0, 0.05) is 12.1 Å². The maximum atomic E-state index is 9.78. The van der Waals surface area contributed by atoms with E-state index >= 15 is 0 Å². The summed E-state index contributed by atoms with van der Waals surface area (Å²) in [5, 5.41) is 9.78. The van der Waals surface area contributed by atoms with E-state index in [2.05, 4.69) is 11.9 Å². The van der Waals surface area contributed by atoms with E-state index in [0.717, 1.165) is 12.5 Å². The Morgan fingerprint density at radius 2 is 1.69 bits per heavy atom. The standard InChI is InChI=1S/C11H21NO/c1-12(9-5-2-3-6-9)10-7-4-8-11(10)13/h9-11,13H,2-8H2,1H3. The van der Waals surface area contributed by atoms with Crippen molar-refractivity contribution in [3.8, 4) is 0 Å². The molecule has 0 aromatic rings. The van der Waals surface area contributed by atoms with Gasteiger partial charge in [-0.2, -0.15) is 0 Å². The molecular formula is C11H21NO. The van der Waals surface area contributed by atoms with Crippen molar-refractivity contribution in [2.24, 2.45) is 0 Å². The van der Waals surface area contributed by atoms with Crippen molar-refractivity contribution >= 4 is 0 Å². The number of aliphatic hydroxyl groups excluding tert-OH is 1. The lowest BCUT2D eigenvalue weighted by atomic mass is 10.1. The monoisotopic (exact) mass is 183 g/mol. The number of rotatable bonds is 2. The van der Waals surface area contributed by atoms with E-state index < -0.39 is 0 Å². The van der Waals surface area contributed by atoms with Gasteiger partial charge in [0.05, 0.1) is 6.10 Å². The SMILES string of the molecule is CN(C1CCCC1)C1CCCC1O. The number of hydrogen-bond acceptors (Lipinski definition) is 2. The quantitative estimate of drug-likeness (QED) is 0.705. The lowest BCUT2D eigenvalue weighted by Crippen LogP contribution is -2.42. The van der Waals surface area contributed by atoms with Crippen molar-refractivity contribution in [2.45, 2.75) is 63.1 Å². The van der Waals surface area contributed by atoms with Crippen LogP contribution in [0, 0.1) is 0 Å². The molecule has 2 nitrogen and oxygen atoms in total. The van der Waals surface area contributed by atoms with Gasteiger partial charge in [0.15, 0.2) is 0 Å². The van der Waals surface area contributed by atoms with E-state index in [4.69, 9.17) is 0 Å². The Balaban J connectivity index is 1.91. The summed E-state index contributed by atoms with van der Waals surface area (Å²) in [4.78, 5) is 2.45. The second kappa shape index (κ2) is 3.97. The second-order valence-corrected chi connectivity index (χ2v) is 4.67.